The van der Waals surface area contributed by atoms with Gasteiger partial charge in [-0.1, -0.05) is 0 Å². The maximum absolute atomic E-state index is 13.6. The molecule has 2 N–H and O–H groups in total. The largest absolute Gasteiger partial charge is 0.508 e. The maximum Gasteiger partial charge on any atom is 0.270 e. The van der Waals surface area contributed by atoms with Crippen LogP contribution >= 0.6 is 0 Å². The molecule has 0 atom stereocenters. The predicted molar refractivity (Wildman–Crippen MR) is 143 cm³/mol. The first-order valence-corrected chi connectivity index (χ1v) is 12.5. The van der Waals surface area contributed by atoms with Crippen molar-refractivity contribution in [3.8, 4) is 23.0 Å². The number of aromatic nitrogens is 1. The molecule has 2 aliphatic rings. The molecule has 1 amide bonds. The number of nitrogens with zero attached hydrogens (tertiary/aromatic N) is 4. The summed E-state index contributed by atoms with van der Waals surface area (Å²) in [5.74, 6) is -0.693. The molecule has 0 unspecified atom stereocenters. The van der Waals surface area contributed by atoms with E-state index in [1.165, 1.54) is 11.0 Å². The number of hydrogen-bond donors (Lipinski definition) is 2. The lowest BCUT2D eigenvalue weighted by atomic mass is 10.1. The number of fused-ring (bicyclic) bond motifs is 2. The maximum atomic E-state index is 13.6. The summed E-state index contributed by atoms with van der Waals surface area (Å²) in [7, 11) is 7.07. The number of Topliss-reactive ketones (excluding diaryl/α,β-unsaturated/α-hetero) is 1. The minimum absolute atomic E-state index is 0.0223. The fraction of sp³-hybridized carbons (Fsp3) is 0.357. The van der Waals surface area contributed by atoms with Crippen molar-refractivity contribution in [1.82, 2.24) is 19.3 Å². The number of amides is 1. The van der Waals surface area contributed by atoms with E-state index in [4.69, 9.17) is 9.47 Å². The lowest BCUT2D eigenvalue weighted by Gasteiger charge is -2.32. The lowest BCUT2D eigenvalue weighted by Crippen LogP contribution is -2.45. The van der Waals surface area contributed by atoms with Crippen LogP contribution in [-0.4, -0.2) is 102 Å². The van der Waals surface area contributed by atoms with Crippen LogP contribution in [0.1, 0.15) is 26.4 Å². The molecular weight excluding hydrogens is 488 g/mol. The lowest BCUT2D eigenvalue weighted by molar-refractivity contribution is 0.0815. The zero-order valence-electron chi connectivity index (χ0n) is 22.0. The number of hydrogen-bond acceptors (Lipinski definition) is 8. The molecule has 0 aliphatic carbocycles. The van der Waals surface area contributed by atoms with Crippen molar-refractivity contribution in [2.24, 2.45) is 0 Å². The van der Waals surface area contributed by atoms with Crippen LogP contribution in [0.3, 0.4) is 0 Å². The summed E-state index contributed by atoms with van der Waals surface area (Å²) in [6.45, 7) is 5.23. The molecule has 1 fully saturated rings. The molecule has 0 spiro atoms. The van der Waals surface area contributed by atoms with E-state index < -0.39 is 5.78 Å². The molecule has 200 valence electrons. The van der Waals surface area contributed by atoms with Gasteiger partial charge < -0.3 is 34.1 Å². The van der Waals surface area contributed by atoms with Crippen molar-refractivity contribution < 1.29 is 29.3 Å². The summed E-state index contributed by atoms with van der Waals surface area (Å²) >= 11 is 0. The van der Waals surface area contributed by atoms with Crippen LogP contribution in [0.5, 0.6) is 23.0 Å². The van der Waals surface area contributed by atoms with Crippen LogP contribution in [-0.2, 0) is 6.54 Å². The van der Waals surface area contributed by atoms with Crippen molar-refractivity contribution in [2.45, 2.75) is 6.54 Å². The summed E-state index contributed by atoms with van der Waals surface area (Å²) in [6, 6.07) is 7.99. The summed E-state index contributed by atoms with van der Waals surface area (Å²) in [5, 5.41) is 20.9. The van der Waals surface area contributed by atoms with Crippen LogP contribution in [0.25, 0.3) is 17.0 Å². The first-order chi connectivity index (χ1) is 18.2. The Bertz CT molecular complexity index is 1450. The van der Waals surface area contributed by atoms with Gasteiger partial charge in [-0.05, 0) is 31.3 Å². The highest BCUT2D eigenvalue weighted by Crippen LogP contribution is 2.41. The molecule has 1 saturated heterocycles. The number of rotatable bonds is 6. The third-order valence-electron chi connectivity index (χ3n) is 7.17. The number of benzene rings is 2. The average molecular weight is 521 g/mol. The Morgan fingerprint density at radius 2 is 1.84 bits per heavy atom. The van der Waals surface area contributed by atoms with E-state index in [0.29, 0.717) is 23.6 Å². The number of phenolic OH excluding ortho intramolecular Hbond substituents is 2. The van der Waals surface area contributed by atoms with E-state index in [0.717, 1.165) is 49.7 Å². The Hall–Kier alpha value is -4.02. The van der Waals surface area contributed by atoms with E-state index >= 15 is 0 Å². The molecule has 1 aromatic heterocycles. The van der Waals surface area contributed by atoms with Gasteiger partial charge in [0, 0.05) is 82.0 Å². The number of carbonyl (C=O) groups excluding carboxylic acids is 2. The first-order valence-electron chi connectivity index (χ1n) is 12.5. The Morgan fingerprint density at radius 3 is 2.53 bits per heavy atom. The molecule has 5 rings (SSSR count). The van der Waals surface area contributed by atoms with Crippen molar-refractivity contribution in [3.63, 3.8) is 0 Å². The molecule has 0 bridgehead atoms. The summed E-state index contributed by atoms with van der Waals surface area (Å²) in [5.41, 5.74) is 1.77. The van der Waals surface area contributed by atoms with Gasteiger partial charge in [0.1, 0.15) is 34.3 Å². The smallest absolute Gasteiger partial charge is 0.270 e. The summed E-state index contributed by atoms with van der Waals surface area (Å²) in [6.07, 6.45) is 1.55. The van der Waals surface area contributed by atoms with Crippen molar-refractivity contribution >= 4 is 28.7 Å². The van der Waals surface area contributed by atoms with Gasteiger partial charge in [-0.25, -0.2) is 0 Å². The van der Waals surface area contributed by atoms with Gasteiger partial charge in [-0.15, -0.1) is 0 Å². The fourth-order valence-corrected chi connectivity index (χ4v) is 5.03. The Kier molecular flexibility index (Phi) is 6.77. The number of methoxy groups -OCH3 is 1. The molecule has 0 saturated carbocycles. The second-order valence-electron chi connectivity index (χ2n) is 9.92. The van der Waals surface area contributed by atoms with Crippen molar-refractivity contribution in [2.75, 3.05) is 61.0 Å². The SMILES string of the molecule is COc1ccc2c(c1)c(/C=C1\Oc3cc(O)cc(O)c3C1=O)c(C(=O)N(C)C)n2CCN1CCN(C)CC1. The molecule has 10 nitrogen and oxygen atoms in total. The molecule has 10 heteroatoms. The number of allylic oxidation sites excluding steroid dienone is 1. The van der Waals surface area contributed by atoms with Crippen LogP contribution in [0.4, 0.5) is 0 Å². The topological polar surface area (TPSA) is 108 Å². The third-order valence-corrected chi connectivity index (χ3v) is 7.17. The zero-order chi connectivity index (χ0) is 27.1. The summed E-state index contributed by atoms with van der Waals surface area (Å²) < 4.78 is 13.2. The van der Waals surface area contributed by atoms with Crippen molar-refractivity contribution in [3.05, 3.63) is 52.9 Å². The normalized spacial score (nSPS) is 17.2. The van der Waals surface area contributed by atoms with Gasteiger partial charge in [0.15, 0.2) is 5.76 Å². The second kappa shape index (κ2) is 10.0. The fourth-order valence-electron chi connectivity index (χ4n) is 5.03. The van der Waals surface area contributed by atoms with Gasteiger partial charge >= 0.3 is 0 Å². The number of piperazine rings is 1. The first kappa shape index (κ1) is 25.6. The number of phenols is 2. The van der Waals surface area contributed by atoms with E-state index in [9.17, 15) is 19.8 Å². The van der Waals surface area contributed by atoms with Crippen LogP contribution in [0.15, 0.2) is 36.1 Å². The Balaban J connectivity index is 1.64. The van der Waals surface area contributed by atoms with Crippen LogP contribution < -0.4 is 9.47 Å². The van der Waals surface area contributed by atoms with E-state index in [-0.39, 0.29) is 34.5 Å². The van der Waals surface area contributed by atoms with Gasteiger partial charge in [-0.3, -0.25) is 14.5 Å². The van der Waals surface area contributed by atoms with Gasteiger partial charge in [-0.2, -0.15) is 0 Å². The molecule has 3 heterocycles. The minimum Gasteiger partial charge on any atom is -0.508 e. The van der Waals surface area contributed by atoms with Gasteiger partial charge in [0.2, 0.25) is 5.78 Å². The summed E-state index contributed by atoms with van der Waals surface area (Å²) in [4.78, 5) is 33.0. The second-order valence-corrected chi connectivity index (χ2v) is 9.92. The number of carbonyl (C=O) groups is 2. The molecule has 0 radical (unpaired) electrons. The number of ether oxygens (including phenoxy) is 2. The Morgan fingerprint density at radius 1 is 1.11 bits per heavy atom. The zero-order valence-corrected chi connectivity index (χ0v) is 22.0. The predicted octanol–water partition coefficient (Wildman–Crippen LogP) is 2.63. The highest BCUT2D eigenvalue weighted by Gasteiger charge is 2.33. The van der Waals surface area contributed by atoms with Gasteiger partial charge in [0.05, 0.1) is 7.11 Å². The molecule has 2 aromatic carbocycles. The molecule has 3 aromatic rings. The van der Waals surface area contributed by atoms with Crippen molar-refractivity contribution in [1.29, 1.82) is 0 Å². The van der Waals surface area contributed by atoms with Crippen LogP contribution in [0, 0.1) is 0 Å². The quantitative estimate of drug-likeness (QED) is 0.478. The third kappa shape index (κ3) is 4.57. The minimum atomic E-state index is -0.526. The van der Waals surface area contributed by atoms with E-state index in [1.54, 1.807) is 27.3 Å². The molecule has 2 aliphatic heterocycles. The van der Waals surface area contributed by atoms with E-state index in [2.05, 4.69) is 16.8 Å². The number of ketones is 1. The van der Waals surface area contributed by atoms with Gasteiger partial charge in [0.25, 0.3) is 5.91 Å². The van der Waals surface area contributed by atoms with Crippen LogP contribution in [0.2, 0.25) is 0 Å². The van der Waals surface area contributed by atoms with E-state index in [1.807, 2.05) is 22.8 Å². The molecule has 38 heavy (non-hydrogen) atoms. The Labute approximate surface area is 220 Å². The standard InChI is InChI=1S/C28H32N4O6/c1-29(2)28(36)26-20(16-24-27(35)25-22(34)13-17(33)14-23(25)38-24)19-15-18(37-4)5-6-21(19)32(26)12-11-31-9-7-30(3)8-10-31/h5-6,13-16,33-34H,7-12H2,1-4H3/b24-16-. The highest BCUT2D eigenvalue weighted by atomic mass is 16.5. The molecular formula is C28H32N4O6. The number of aromatic hydroxyl groups is 2. The number of likely N-dealkylation sites (N-methyl/N-ethyl adjacent to an activating group) is 1. The monoisotopic (exact) mass is 520 g/mol. The average Bonchev–Trinajstić information content (AvgIpc) is 3.36. The highest BCUT2D eigenvalue weighted by molar-refractivity contribution is 6.18.